The number of aliphatic hydroxyl groups is 1. The Bertz CT molecular complexity index is 135. The van der Waals surface area contributed by atoms with E-state index in [9.17, 15) is 14.7 Å². The van der Waals surface area contributed by atoms with Crippen molar-refractivity contribution in [1.82, 2.24) is 0 Å². The number of aliphatic carboxylic acids is 2. The molecule has 6 nitrogen and oxygen atoms in total. The third-order valence-corrected chi connectivity index (χ3v) is 0.640. The molecule has 0 spiro atoms. The number of carboxylic acid groups (broad SMARTS) is 2. The molecule has 0 fully saturated rings. The van der Waals surface area contributed by atoms with E-state index in [4.69, 9.17) is 10.2 Å². The van der Waals surface area contributed by atoms with Gasteiger partial charge in [-0.1, -0.05) is 0 Å². The van der Waals surface area contributed by atoms with E-state index >= 15 is 0 Å². The monoisotopic (exact) mass is 190 g/mol. The smallest absolute Gasteiger partial charge is 0.547 e. The van der Waals surface area contributed by atoms with Crippen molar-refractivity contribution in [2.75, 3.05) is 0 Å². The zero-order valence-electron chi connectivity index (χ0n) is 5.90. The van der Waals surface area contributed by atoms with Crippen molar-refractivity contribution < 1.29 is 81.8 Å². The van der Waals surface area contributed by atoms with Gasteiger partial charge in [0.25, 0.3) is 0 Å². The summed E-state index contributed by atoms with van der Waals surface area (Å²) < 4.78 is 0. The van der Waals surface area contributed by atoms with Gasteiger partial charge >= 0.3 is 57.4 Å². The fraction of sp³-hybridized carbons (Fsp3) is 0.500. The molecule has 0 aromatic carbocycles. The van der Waals surface area contributed by atoms with Gasteiger partial charge in [-0.2, -0.15) is 0 Å². The molecule has 4 N–H and O–H groups in total. The first-order chi connectivity index (χ1) is 4.04. The zero-order valence-corrected chi connectivity index (χ0v) is 9.03. The predicted molar refractivity (Wildman–Crippen MR) is 26.9 cm³/mol. The van der Waals surface area contributed by atoms with Crippen molar-refractivity contribution in [3.63, 3.8) is 0 Å². The van der Waals surface area contributed by atoms with E-state index < -0.39 is 24.5 Å². The second kappa shape index (κ2) is 8.59. The zero-order chi connectivity index (χ0) is 7.44. The van der Waals surface area contributed by atoms with Gasteiger partial charge in [-0.25, -0.2) is 0 Å². The number of rotatable bonds is 3. The van der Waals surface area contributed by atoms with Crippen LogP contribution in [0.25, 0.3) is 0 Å². The van der Waals surface area contributed by atoms with Gasteiger partial charge in [0.1, 0.15) is 6.10 Å². The molecule has 0 aliphatic rings. The molecule has 0 heterocycles. The Morgan fingerprint density at radius 3 is 1.91 bits per heavy atom. The predicted octanol–water partition coefficient (Wildman–Crippen LogP) is -6.25. The average Bonchev–Trinajstić information content (AvgIpc) is 1.63. The van der Waals surface area contributed by atoms with Gasteiger partial charge in [0.2, 0.25) is 0 Å². The molecule has 0 saturated heterocycles. The van der Waals surface area contributed by atoms with E-state index in [1.807, 2.05) is 0 Å². The maximum atomic E-state index is 9.66. The maximum absolute atomic E-state index is 9.66. The molecule has 0 radical (unpaired) electrons. The maximum Gasteiger partial charge on any atom is 1.00 e. The Hall–Kier alpha value is 0.496. The molecule has 0 saturated carbocycles. The topological polar surface area (TPSA) is 129 Å². The van der Waals surface area contributed by atoms with Crippen LogP contribution in [-0.2, 0) is 9.59 Å². The van der Waals surface area contributed by atoms with Crippen molar-refractivity contribution in [3.05, 3.63) is 0 Å². The minimum Gasteiger partial charge on any atom is -0.547 e. The Labute approximate surface area is 105 Å². The van der Waals surface area contributed by atoms with E-state index in [0.717, 1.165) is 0 Å². The summed E-state index contributed by atoms with van der Waals surface area (Å²) in [7, 11) is 0. The van der Waals surface area contributed by atoms with Gasteiger partial charge < -0.3 is 25.6 Å². The molecule has 0 amide bonds. The van der Waals surface area contributed by atoms with E-state index in [1.165, 1.54) is 0 Å². The van der Waals surface area contributed by atoms with Crippen molar-refractivity contribution in [2.45, 2.75) is 12.5 Å². The number of aliphatic hydroxyl groups excluding tert-OH is 1. The molecule has 7 heteroatoms. The molecular weight excluding hydrogens is 183 g/mol. The summed E-state index contributed by atoms with van der Waals surface area (Å²) in [5.74, 6) is -3.14. The summed E-state index contributed by atoms with van der Waals surface area (Å²) in [6.07, 6.45) is -2.72. The minimum atomic E-state index is -1.90. The molecule has 1 atom stereocenters. The van der Waals surface area contributed by atoms with Crippen LogP contribution in [-0.4, -0.2) is 33.7 Å². The summed E-state index contributed by atoms with van der Waals surface area (Å²) >= 11 is 0. The van der Waals surface area contributed by atoms with Crippen molar-refractivity contribution in [2.24, 2.45) is 0 Å². The van der Waals surface area contributed by atoms with Crippen molar-refractivity contribution in [3.8, 4) is 0 Å². The molecule has 0 aliphatic carbocycles. The molecule has 11 heavy (non-hydrogen) atoms. The van der Waals surface area contributed by atoms with E-state index in [0.29, 0.717) is 0 Å². The molecule has 0 aliphatic heterocycles. The third-order valence-electron chi connectivity index (χ3n) is 0.640. The Kier molecular flexibility index (Phi) is 13.7. The Morgan fingerprint density at radius 2 is 1.82 bits per heavy atom. The van der Waals surface area contributed by atoms with Crippen LogP contribution in [0.5, 0.6) is 0 Å². The fourth-order valence-electron chi connectivity index (χ4n) is 0.249. The van der Waals surface area contributed by atoms with Gasteiger partial charge in [0, 0.05) is 0 Å². The van der Waals surface area contributed by atoms with Crippen molar-refractivity contribution in [1.29, 1.82) is 0 Å². The summed E-state index contributed by atoms with van der Waals surface area (Å²) in [5, 5.41) is 25.7. The van der Waals surface area contributed by atoms with Crippen LogP contribution in [0.4, 0.5) is 0 Å². The normalized spacial score (nSPS) is 10.3. The fourth-order valence-corrected chi connectivity index (χ4v) is 0.249. The molecule has 60 valence electrons. The van der Waals surface area contributed by atoms with Gasteiger partial charge in [-0.15, -0.1) is 0 Å². The van der Waals surface area contributed by atoms with Crippen LogP contribution in [0.15, 0.2) is 0 Å². The largest absolute Gasteiger partial charge is 1.00 e. The van der Waals surface area contributed by atoms with E-state index in [2.05, 4.69) is 0 Å². The number of carbonyl (C=O) groups excluding carboxylic acids is 1. The van der Waals surface area contributed by atoms with Crippen molar-refractivity contribution >= 4 is 11.9 Å². The number of hydrogen-bond acceptors (Lipinski definition) is 4. The van der Waals surface area contributed by atoms with Crippen LogP contribution < -0.4 is 56.5 Å². The molecular formula is C4H7KO6. The van der Waals surface area contributed by atoms with Crippen LogP contribution >= 0.6 is 0 Å². The molecule has 0 rings (SSSR count). The summed E-state index contributed by atoms with van der Waals surface area (Å²) in [4.78, 5) is 19.3. The summed E-state index contributed by atoms with van der Waals surface area (Å²) in [5.41, 5.74) is 0. The first-order valence-electron chi connectivity index (χ1n) is 2.14. The van der Waals surface area contributed by atoms with Gasteiger partial charge in [0.15, 0.2) is 0 Å². The van der Waals surface area contributed by atoms with Gasteiger partial charge in [-0.05, 0) is 0 Å². The number of hydrogen-bond donors (Lipinski definition) is 2. The third kappa shape index (κ3) is 10.5. The minimum absolute atomic E-state index is 0. The van der Waals surface area contributed by atoms with E-state index in [-0.39, 0.29) is 56.9 Å². The standard InChI is InChI=1S/C4H6O5.K.H2O/c5-2(4(8)9)1-3(6)7;;/h2,5H,1H2,(H,6,7)(H,8,9);;1H2/q;+1;/p-1/t2-;;/m0../s1. The van der Waals surface area contributed by atoms with Gasteiger partial charge in [-0.3, -0.25) is 4.79 Å². The van der Waals surface area contributed by atoms with Crippen LogP contribution in [0.2, 0.25) is 0 Å². The SMILES string of the molecule is O.O=C(O)C[C@H](O)C(=O)[O-].[K+]. The number of carbonyl (C=O) groups is 2. The molecule has 0 bridgehead atoms. The Morgan fingerprint density at radius 1 is 1.45 bits per heavy atom. The average molecular weight is 190 g/mol. The first-order valence-corrected chi connectivity index (χ1v) is 2.14. The quantitative estimate of drug-likeness (QED) is 0.427. The van der Waals surface area contributed by atoms with Crippen LogP contribution in [0.3, 0.4) is 0 Å². The van der Waals surface area contributed by atoms with Crippen LogP contribution in [0.1, 0.15) is 6.42 Å². The summed E-state index contributed by atoms with van der Waals surface area (Å²) in [6.45, 7) is 0. The number of carboxylic acids is 2. The molecule has 0 aromatic rings. The van der Waals surface area contributed by atoms with Gasteiger partial charge in [0.05, 0.1) is 12.4 Å². The Balaban J connectivity index is -0.000000320. The second-order valence-corrected chi connectivity index (χ2v) is 1.43. The first kappa shape index (κ1) is 17.5. The second-order valence-electron chi connectivity index (χ2n) is 1.43. The molecule has 0 unspecified atom stereocenters. The summed E-state index contributed by atoms with van der Waals surface area (Å²) in [6, 6.07) is 0. The van der Waals surface area contributed by atoms with Crippen LogP contribution in [0, 0.1) is 0 Å². The van der Waals surface area contributed by atoms with E-state index in [1.54, 1.807) is 0 Å². The molecule has 0 aromatic heterocycles.